The van der Waals surface area contributed by atoms with Gasteiger partial charge in [0.2, 0.25) is 0 Å². The molecule has 0 fully saturated rings. The minimum absolute atomic E-state index is 0.250. The average Bonchev–Trinajstić information content (AvgIpc) is 2.32. The number of alkyl halides is 6. The lowest BCUT2D eigenvalue weighted by Crippen LogP contribution is -2.56. The fourth-order valence-corrected chi connectivity index (χ4v) is 1.57. The van der Waals surface area contributed by atoms with Crippen LogP contribution in [0, 0.1) is 5.92 Å². The van der Waals surface area contributed by atoms with Crippen molar-refractivity contribution < 1.29 is 31.5 Å². The van der Waals surface area contributed by atoms with Crippen molar-refractivity contribution in [2.75, 3.05) is 5.33 Å². The molecule has 0 aromatic heterocycles. The van der Waals surface area contributed by atoms with E-state index in [1.54, 1.807) is 6.92 Å². The second-order valence-corrected chi connectivity index (χ2v) is 4.57. The Balaban J connectivity index is 5.07. The van der Waals surface area contributed by atoms with E-state index in [4.69, 9.17) is 0 Å². The summed E-state index contributed by atoms with van der Waals surface area (Å²) >= 11 is 2.78. The predicted octanol–water partition coefficient (Wildman–Crippen LogP) is 2.68. The van der Waals surface area contributed by atoms with Crippen LogP contribution in [0.25, 0.3) is 0 Å². The van der Waals surface area contributed by atoms with E-state index in [1.807, 2.05) is 0 Å². The Kier molecular flexibility index (Phi) is 6.37. The minimum atomic E-state index is -5.99. The molecule has 0 saturated heterocycles. The smallest absolute Gasteiger partial charge is 0.340 e. The number of ketones is 1. The van der Waals surface area contributed by atoms with Gasteiger partial charge in [0.15, 0.2) is 5.78 Å². The van der Waals surface area contributed by atoms with Gasteiger partial charge in [-0.15, -0.1) is 0 Å². The summed E-state index contributed by atoms with van der Waals surface area (Å²) < 4.78 is 61.5. The Labute approximate surface area is 115 Å². The summed E-state index contributed by atoms with van der Waals surface area (Å²) in [7, 11) is 0. The third-order valence-corrected chi connectivity index (χ3v) is 3.17. The molecule has 0 radical (unpaired) electrons. The normalized spacial score (nSPS) is 15.8. The molecule has 19 heavy (non-hydrogen) atoms. The van der Waals surface area contributed by atoms with Crippen LogP contribution in [-0.4, -0.2) is 35.2 Å². The van der Waals surface area contributed by atoms with Crippen LogP contribution in [0.15, 0.2) is 0 Å². The third kappa shape index (κ3) is 4.39. The van der Waals surface area contributed by atoms with E-state index >= 15 is 0 Å². The first-order valence-corrected chi connectivity index (χ1v) is 6.45. The number of carbonyl (C=O) groups excluding carboxylic acids is 2. The molecule has 0 saturated carbocycles. The molecule has 3 nitrogen and oxygen atoms in total. The van der Waals surface area contributed by atoms with Crippen LogP contribution >= 0.6 is 15.9 Å². The van der Waals surface area contributed by atoms with Crippen LogP contribution in [0.5, 0.6) is 0 Å². The van der Waals surface area contributed by atoms with Gasteiger partial charge in [-0.2, -0.15) is 22.0 Å². The Hall–Kier alpha value is -0.730. The van der Waals surface area contributed by atoms with E-state index in [0.29, 0.717) is 6.42 Å². The highest BCUT2D eigenvalue weighted by molar-refractivity contribution is 9.09. The number of hydrogen-bond acceptors (Lipinski definition) is 2. The van der Waals surface area contributed by atoms with Crippen molar-refractivity contribution in [1.29, 1.82) is 0 Å². The molecule has 2 atom stereocenters. The second-order valence-electron chi connectivity index (χ2n) is 4.01. The minimum Gasteiger partial charge on any atom is -0.340 e. The molecule has 0 heterocycles. The molecule has 0 aromatic carbocycles. The van der Waals surface area contributed by atoms with E-state index in [2.05, 4.69) is 15.9 Å². The molecule has 9 heteroatoms. The molecule has 0 aliphatic carbocycles. The van der Waals surface area contributed by atoms with Crippen molar-refractivity contribution in [3.63, 3.8) is 0 Å². The first kappa shape index (κ1) is 18.3. The van der Waals surface area contributed by atoms with Gasteiger partial charge in [-0.3, -0.25) is 9.59 Å². The lowest BCUT2D eigenvalue weighted by Gasteiger charge is -2.25. The Bertz CT molecular complexity index is 345. The Morgan fingerprint density at radius 2 is 1.68 bits per heavy atom. The lowest BCUT2D eigenvalue weighted by molar-refractivity contribution is -0.270. The van der Waals surface area contributed by atoms with Gasteiger partial charge in [0.25, 0.3) is 0 Å². The third-order valence-electron chi connectivity index (χ3n) is 2.62. The molecule has 112 valence electrons. The van der Waals surface area contributed by atoms with Gasteiger partial charge in [0.05, 0.1) is 11.4 Å². The average molecular weight is 354 g/mol. The van der Waals surface area contributed by atoms with Gasteiger partial charge in [0.1, 0.15) is 0 Å². The summed E-state index contributed by atoms with van der Waals surface area (Å²) in [5, 5.41) is 1.23. The van der Waals surface area contributed by atoms with Crippen LogP contribution in [-0.2, 0) is 9.59 Å². The highest BCUT2D eigenvalue weighted by Gasteiger charge is 2.63. The van der Waals surface area contributed by atoms with E-state index in [1.165, 1.54) is 12.2 Å². The standard InChI is InChI=1S/C10H13BrF5NO2/c1-3-5(2)7(6(18)4-11)17-8(19)9(12,13)10(14,15)16/h5,7H,3-4H2,1-2H3,(H,17,19). The second kappa shape index (κ2) is 6.62. The van der Waals surface area contributed by atoms with Gasteiger partial charge in [0, 0.05) is 0 Å². The highest BCUT2D eigenvalue weighted by Crippen LogP contribution is 2.35. The zero-order valence-electron chi connectivity index (χ0n) is 10.2. The van der Waals surface area contributed by atoms with Gasteiger partial charge in [-0.25, -0.2) is 0 Å². The maximum atomic E-state index is 12.8. The fourth-order valence-electron chi connectivity index (χ4n) is 1.22. The van der Waals surface area contributed by atoms with Gasteiger partial charge < -0.3 is 5.32 Å². The monoisotopic (exact) mass is 353 g/mol. The summed E-state index contributed by atoms with van der Waals surface area (Å²) in [4.78, 5) is 22.5. The van der Waals surface area contributed by atoms with Gasteiger partial charge in [-0.05, 0) is 5.92 Å². The molecule has 0 aliphatic rings. The first-order valence-electron chi connectivity index (χ1n) is 5.33. The molecule has 2 unspecified atom stereocenters. The molecule has 0 bridgehead atoms. The molecule has 1 N–H and O–H groups in total. The lowest BCUT2D eigenvalue weighted by atomic mass is 9.96. The number of amides is 1. The molecule has 1 amide bonds. The van der Waals surface area contributed by atoms with Crippen LogP contribution in [0.3, 0.4) is 0 Å². The van der Waals surface area contributed by atoms with Crippen LogP contribution in [0.1, 0.15) is 20.3 Å². The Morgan fingerprint density at radius 1 is 1.21 bits per heavy atom. The number of Topliss-reactive ketones (excluding diaryl/α,β-unsaturated/α-hetero) is 1. The summed E-state index contributed by atoms with van der Waals surface area (Å²) in [6.45, 7) is 3.09. The van der Waals surface area contributed by atoms with Crippen molar-refractivity contribution in [2.24, 2.45) is 5.92 Å². The largest absolute Gasteiger partial charge is 0.463 e. The molecule has 0 aromatic rings. The molecule has 0 aliphatic heterocycles. The van der Waals surface area contributed by atoms with Crippen molar-refractivity contribution in [1.82, 2.24) is 5.32 Å². The van der Waals surface area contributed by atoms with Crippen LogP contribution < -0.4 is 5.32 Å². The van der Waals surface area contributed by atoms with Crippen molar-refractivity contribution in [2.45, 2.75) is 38.4 Å². The number of nitrogens with one attached hydrogen (secondary N) is 1. The van der Waals surface area contributed by atoms with E-state index < -0.39 is 35.7 Å². The fraction of sp³-hybridized carbons (Fsp3) is 0.800. The van der Waals surface area contributed by atoms with Gasteiger partial charge in [-0.1, -0.05) is 36.2 Å². The maximum absolute atomic E-state index is 12.8. The quantitative estimate of drug-likeness (QED) is 0.589. The highest BCUT2D eigenvalue weighted by atomic mass is 79.9. The maximum Gasteiger partial charge on any atom is 0.463 e. The van der Waals surface area contributed by atoms with E-state index in [0.717, 1.165) is 0 Å². The van der Waals surface area contributed by atoms with Crippen molar-refractivity contribution in [3.8, 4) is 0 Å². The zero-order valence-corrected chi connectivity index (χ0v) is 11.7. The number of halogens is 6. The SMILES string of the molecule is CCC(C)C(NC(=O)C(F)(F)C(F)(F)F)C(=O)CBr. The van der Waals surface area contributed by atoms with E-state index in [9.17, 15) is 31.5 Å². The van der Waals surface area contributed by atoms with Gasteiger partial charge >= 0.3 is 18.0 Å². The summed E-state index contributed by atoms with van der Waals surface area (Å²) in [6, 6.07) is -1.38. The summed E-state index contributed by atoms with van der Waals surface area (Å²) in [5.74, 6) is -9.26. The van der Waals surface area contributed by atoms with Crippen LogP contribution in [0.2, 0.25) is 0 Å². The zero-order chi connectivity index (χ0) is 15.4. The summed E-state index contributed by atoms with van der Waals surface area (Å²) in [5.41, 5.74) is 0. The molecule has 0 rings (SSSR count). The van der Waals surface area contributed by atoms with Crippen molar-refractivity contribution in [3.05, 3.63) is 0 Å². The predicted molar refractivity (Wildman–Crippen MR) is 61.2 cm³/mol. The first-order chi connectivity index (χ1) is 8.48. The molecular weight excluding hydrogens is 341 g/mol. The van der Waals surface area contributed by atoms with Crippen molar-refractivity contribution >= 4 is 27.6 Å². The van der Waals surface area contributed by atoms with E-state index in [-0.39, 0.29) is 5.33 Å². The number of hydrogen-bond donors (Lipinski definition) is 1. The molecular formula is C10H13BrF5NO2. The number of rotatable bonds is 6. The molecule has 0 spiro atoms. The topological polar surface area (TPSA) is 46.2 Å². The summed E-state index contributed by atoms with van der Waals surface area (Å²) in [6.07, 6.45) is -5.66. The number of carbonyl (C=O) groups is 2. The Morgan fingerprint density at radius 3 is 2.00 bits per heavy atom. The van der Waals surface area contributed by atoms with Crippen LogP contribution in [0.4, 0.5) is 22.0 Å².